The molecule has 0 spiro atoms. The second-order valence-electron chi connectivity index (χ2n) is 4.85. The molecule has 108 valence electrons. The van der Waals surface area contributed by atoms with Crippen LogP contribution in [0.5, 0.6) is 11.5 Å². The molecule has 1 N–H and O–H groups in total. The smallest absolute Gasteiger partial charge is 0.173 e. The van der Waals surface area contributed by atoms with Crippen molar-refractivity contribution in [2.45, 2.75) is 6.04 Å². The quantitative estimate of drug-likeness (QED) is 0.942. The number of sulfone groups is 1. The summed E-state index contributed by atoms with van der Waals surface area (Å²) in [6, 6.07) is 16.8. The molecule has 21 heavy (non-hydrogen) atoms. The number of ether oxygens (including phenoxy) is 1. The molecular weight excluding hydrogens is 286 g/mol. The molecule has 3 rings (SSSR count). The maximum Gasteiger partial charge on any atom is 0.173 e. The van der Waals surface area contributed by atoms with Gasteiger partial charge >= 0.3 is 0 Å². The van der Waals surface area contributed by atoms with Crippen molar-refractivity contribution in [3.05, 3.63) is 66.1 Å². The molecule has 0 radical (unpaired) electrons. The van der Waals surface area contributed by atoms with Crippen molar-refractivity contribution >= 4 is 15.5 Å². The first-order valence-corrected chi connectivity index (χ1v) is 8.33. The van der Waals surface area contributed by atoms with Crippen molar-refractivity contribution in [3.8, 4) is 11.5 Å². The van der Waals surface area contributed by atoms with Crippen LogP contribution in [0.1, 0.15) is 0 Å². The van der Waals surface area contributed by atoms with E-state index in [0.29, 0.717) is 0 Å². The van der Waals surface area contributed by atoms with Gasteiger partial charge in [-0.3, -0.25) is 0 Å². The first-order valence-electron chi connectivity index (χ1n) is 6.61. The highest BCUT2D eigenvalue weighted by Gasteiger charge is 2.21. The molecule has 0 aliphatic carbocycles. The third kappa shape index (κ3) is 3.64. The summed E-state index contributed by atoms with van der Waals surface area (Å²) in [5.74, 6) is 1.62. The molecule has 0 amide bonds. The van der Waals surface area contributed by atoms with Crippen LogP contribution in [0.3, 0.4) is 0 Å². The molecule has 5 heteroatoms. The fourth-order valence-corrected chi connectivity index (χ4v) is 3.36. The van der Waals surface area contributed by atoms with Crippen LogP contribution in [0.15, 0.2) is 66.1 Å². The van der Waals surface area contributed by atoms with Gasteiger partial charge in [0, 0.05) is 11.1 Å². The molecule has 2 aromatic rings. The summed E-state index contributed by atoms with van der Waals surface area (Å²) < 4.78 is 28.4. The zero-order valence-corrected chi connectivity index (χ0v) is 12.1. The second kappa shape index (κ2) is 5.61. The minimum absolute atomic E-state index is 0.106. The van der Waals surface area contributed by atoms with E-state index in [1.54, 1.807) is 6.08 Å². The van der Waals surface area contributed by atoms with Crippen LogP contribution in [-0.2, 0) is 9.84 Å². The summed E-state index contributed by atoms with van der Waals surface area (Å²) in [7, 11) is -3.03. The number of nitrogens with one attached hydrogen (secondary N) is 1. The van der Waals surface area contributed by atoms with Crippen LogP contribution in [0.25, 0.3) is 0 Å². The van der Waals surface area contributed by atoms with Gasteiger partial charge < -0.3 is 10.1 Å². The molecule has 0 saturated heterocycles. The van der Waals surface area contributed by atoms with Gasteiger partial charge in [0.25, 0.3) is 0 Å². The Morgan fingerprint density at radius 3 is 2.24 bits per heavy atom. The Hall–Kier alpha value is -2.27. The topological polar surface area (TPSA) is 55.4 Å². The molecule has 0 fully saturated rings. The van der Waals surface area contributed by atoms with Crippen molar-refractivity contribution < 1.29 is 13.2 Å². The van der Waals surface area contributed by atoms with E-state index in [0.717, 1.165) is 17.2 Å². The number of hydrogen-bond donors (Lipinski definition) is 1. The lowest BCUT2D eigenvalue weighted by Gasteiger charge is -2.12. The molecule has 4 nitrogen and oxygen atoms in total. The minimum atomic E-state index is -3.03. The summed E-state index contributed by atoms with van der Waals surface area (Å²) in [5, 5.41) is 4.43. The van der Waals surface area contributed by atoms with E-state index >= 15 is 0 Å². The van der Waals surface area contributed by atoms with Crippen LogP contribution >= 0.6 is 0 Å². The lowest BCUT2D eigenvalue weighted by atomic mass is 10.2. The Kier molecular flexibility index (Phi) is 3.66. The number of para-hydroxylation sites is 1. The SMILES string of the molecule is O=S1(=O)C=C[C@H](Nc2ccc(Oc3ccccc3)cc2)C1. The fraction of sp³-hybridized carbons (Fsp3) is 0.125. The molecule has 1 heterocycles. The Morgan fingerprint density at radius 2 is 1.62 bits per heavy atom. The zero-order chi connectivity index (χ0) is 14.7. The normalized spacial score (nSPS) is 19.3. The van der Waals surface area contributed by atoms with Crippen LogP contribution in [0, 0.1) is 0 Å². The van der Waals surface area contributed by atoms with Crippen molar-refractivity contribution in [2.24, 2.45) is 0 Å². The highest BCUT2D eigenvalue weighted by atomic mass is 32.2. The molecule has 1 atom stereocenters. The molecule has 0 unspecified atom stereocenters. The molecule has 0 aromatic heterocycles. The van der Waals surface area contributed by atoms with E-state index in [2.05, 4.69) is 5.32 Å². The van der Waals surface area contributed by atoms with Gasteiger partial charge in [0.05, 0.1) is 11.8 Å². The highest BCUT2D eigenvalue weighted by molar-refractivity contribution is 7.94. The van der Waals surface area contributed by atoms with Gasteiger partial charge in [0.1, 0.15) is 11.5 Å². The Bertz CT molecular complexity index is 737. The van der Waals surface area contributed by atoms with Gasteiger partial charge in [-0.1, -0.05) is 24.3 Å². The number of anilines is 1. The Balaban J connectivity index is 1.64. The van der Waals surface area contributed by atoms with E-state index < -0.39 is 9.84 Å². The number of rotatable bonds is 4. The summed E-state index contributed by atoms with van der Waals surface area (Å²) in [6.45, 7) is 0. The van der Waals surface area contributed by atoms with Crippen molar-refractivity contribution in [1.29, 1.82) is 0 Å². The largest absolute Gasteiger partial charge is 0.457 e. The average molecular weight is 301 g/mol. The third-order valence-electron chi connectivity index (χ3n) is 3.12. The van der Waals surface area contributed by atoms with Gasteiger partial charge in [-0.25, -0.2) is 8.42 Å². The maximum atomic E-state index is 11.3. The fourth-order valence-electron chi connectivity index (χ4n) is 2.12. The van der Waals surface area contributed by atoms with Crippen LogP contribution in [0.2, 0.25) is 0 Å². The second-order valence-corrected chi connectivity index (χ2v) is 6.78. The summed E-state index contributed by atoms with van der Waals surface area (Å²) in [4.78, 5) is 0. The van der Waals surface area contributed by atoms with Crippen LogP contribution < -0.4 is 10.1 Å². The lowest BCUT2D eigenvalue weighted by molar-refractivity contribution is 0.483. The predicted octanol–water partition coefficient (Wildman–Crippen LogP) is 3.20. The average Bonchev–Trinajstić information content (AvgIpc) is 2.81. The van der Waals surface area contributed by atoms with E-state index in [4.69, 9.17) is 4.74 Å². The minimum Gasteiger partial charge on any atom is -0.457 e. The Labute approximate surface area is 124 Å². The first-order chi connectivity index (χ1) is 10.1. The molecule has 1 aliphatic rings. The van der Waals surface area contributed by atoms with Crippen molar-refractivity contribution in [3.63, 3.8) is 0 Å². The Morgan fingerprint density at radius 1 is 0.952 bits per heavy atom. The van der Waals surface area contributed by atoms with Gasteiger partial charge in [-0.05, 0) is 36.4 Å². The lowest BCUT2D eigenvalue weighted by Crippen LogP contribution is -2.20. The van der Waals surface area contributed by atoms with Crippen molar-refractivity contribution in [1.82, 2.24) is 0 Å². The summed E-state index contributed by atoms with van der Waals surface area (Å²) in [6.07, 6.45) is 1.67. The first kappa shape index (κ1) is 13.7. The van der Waals surface area contributed by atoms with Crippen LogP contribution in [-0.4, -0.2) is 20.2 Å². The van der Waals surface area contributed by atoms with Gasteiger partial charge in [-0.15, -0.1) is 0 Å². The third-order valence-corrected chi connectivity index (χ3v) is 4.51. The van der Waals surface area contributed by atoms with E-state index in [9.17, 15) is 8.42 Å². The highest BCUT2D eigenvalue weighted by Crippen LogP contribution is 2.23. The molecule has 1 aliphatic heterocycles. The molecule has 0 saturated carbocycles. The van der Waals surface area contributed by atoms with Crippen molar-refractivity contribution in [2.75, 3.05) is 11.1 Å². The number of benzene rings is 2. The molecular formula is C16H15NO3S. The maximum absolute atomic E-state index is 11.3. The standard InChI is InChI=1S/C16H15NO3S/c18-21(19)11-10-14(12-21)17-13-6-8-16(9-7-13)20-15-4-2-1-3-5-15/h1-11,14,17H,12H2/t14-/m0/s1. The van der Waals surface area contributed by atoms with Gasteiger partial charge in [0.2, 0.25) is 0 Å². The van der Waals surface area contributed by atoms with E-state index in [1.165, 1.54) is 5.41 Å². The van der Waals surface area contributed by atoms with E-state index in [-0.39, 0.29) is 11.8 Å². The predicted molar refractivity (Wildman–Crippen MR) is 83.3 cm³/mol. The van der Waals surface area contributed by atoms with Gasteiger partial charge in [-0.2, -0.15) is 0 Å². The molecule has 2 aromatic carbocycles. The summed E-state index contributed by atoms with van der Waals surface area (Å²) in [5.41, 5.74) is 0.863. The van der Waals surface area contributed by atoms with Gasteiger partial charge in [0.15, 0.2) is 9.84 Å². The summed E-state index contributed by atoms with van der Waals surface area (Å²) >= 11 is 0. The van der Waals surface area contributed by atoms with Crippen LogP contribution in [0.4, 0.5) is 5.69 Å². The monoisotopic (exact) mass is 301 g/mol. The number of hydrogen-bond acceptors (Lipinski definition) is 4. The van der Waals surface area contributed by atoms with E-state index in [1.807, 2.05) is 54.6 Å². The zero-order valence-electron chi connectivity index (χ0n) is 11.3. The molecule has 0 bridgehead atoms.